The summed E-state index contributed by atoms with van der Waals surface area (Å²) in [6, 6.07) is 7.43. The van der Waals surface area contributed by atoms with E-state index in [1.165, 1.54) is 91.1 Å². The van der Waals surface area contributed by atoms with Crippen LogP contribution in [0.4, 0.5) is 0 Å². The van der Waals surface area contributed by atoms with Gasteiger partial charge in [0.25, 0.3) is 0 Å². The molecular formula is C27H43AgClN2. The van der Waals surface area contributed by atoms with Crippen LogP contribution in [0.5, 0.6) is 0 Å². The summed E-state index contributed by atoms with van der Waals surface area (Å²) in [4.78, 5) is 0. The third-order valence-electron chi connectivity index (χ3n) is 6.79. The third-order valence-corrected chi connectivity index (χ3v) is 7.53. The quantitative estimate of drug-likeness (QED) is 0.344. The van der Waals surface area contributed by atoms with Crippen LogP contribution in [0.1, 0.15) is 127 Å². The van der Waals surface area contributed by atoms with Crippen LogP contribution in [-0.2, 0) is 20.6 Å². The summed E-state index contributed by atoms with van der Waals surface area (Å²) in [7, 11) is 0. The summed E-state index contributed by atoms with van der Waals surface area (Å²) in [6.45, 7) is 9.26. The molecule has 0 saturated heterocycles. The van der Waals surface area contributed by atoms with Crippen molar-refractivity contribution in [1.82, 2.24) is 9.13 Å². The first-order valence-electron chi connectivity index (χ1n) is 12.4. The zero-order valence-corrected chi connectivity index (χ0v) is 22.3. The van der Waals surface area contributed by atoms with Crippen LogP contribution in [0.3, 0.4) is 0 Å². The number of nitrogens with zero attached hydrogens (tertiary/aromatic N) is 2. The number of hydrogen-bond donors (Lipinski definition) is 0. The topological polar surface area (TPSA) is 9.86 Å². The first kappa shape index (κ1) is 26.7. The van der Waals surface area contributed by atoms with E-state index >= 15 is 0 Å². The molecule has 1 fully saturated rings. The Kier molecular flexibility index (Phi) is 11.4. The van der Waals surface area contributed by atoms with Crippen molar-refractivity contribution in [2.75, 3.05) is 0 Å². The molecule has 1 aromatic carbocycles. The average molecular weight is 539 g/mol. The van der Waals surface area contributed by atoms with Gasteiger partial charge in [0.05, 0.1) is 0 Å². The van der Waals surface area contributed by atoms with Crippen molar-refractivity contribution in [1.29, 1.82) is 0 Å². The standard InChI is InChI=1S/C27H42N2.Ag.ClH/c1-22(2)25-17-14-18-26(27(25)23(3)4)29-20-19-28(21-29)24-15-12-10-8-6-5-7-9-11-13-16-24;;/h14,17-20,22-24H,5-13,15-16H2,1-4H3;;1H. The molecular weight excluding hydrogens is 496 g/mol. The maximum Gasteiger partial charge on any atom is -0.147 e. The van der Waals surface area contributed by atoms with Gasteiger partial charge < -0.3 is 0 Å². The molecule has 31 heavy (non-hydrogen) atoms. The van der Waals surface area contributed by atoms with Crippen LogP contribution < -0.4 is 0 Å². The minimum absolute atomic E-state index is 0. The molecule has 0 unspecified atom stereocenters. The van der Waals surface area contributed by atoms with E-state index in [0.717, 1.165) is 0 Å². The van der Waals surface area contributed by atoms with Gasteiger partial charge in [0.1, 0.15) is 0 Å². The van der Waals surface area contributed by atoms with Gasteiger partial charge in [-0.15, -0.1) is 12.4 Å². The summed E-state index contributed by atoms with van der Waals surface area (Å²) >= 11 is 4.02. The fourth-order valence-electron chi connectivity index (χ4n) is 5.14. The van der Waals surface area contributed by atoms with Gasteiger partial charge in [-0.1, -0.05) is 0 Å². The van der Waals surface area contributed by atoms with Crippen molar-refractivity contribution >= 4 is 12.4 Å². The SMILES string of the molecule is CC(C)c1cccc(-n2ccn(C3CCCCCCCCCCC3)[c]2=[Ag])c1C(C)C.Cl. The van der Waals surface area contributed by atoms with E-state index in [2.05, 4.69) is 88.0 Å². The molecule has 0 radical (unpaired) electrons. The Hall–Kier alpha value is -0.540. The molecule has 4 heteroatoms. The van der Waals surface area contributed by atoms with Gasteiger partial charge in [-0.2, -0.15) is 0 Å². The number of hydrogen-bond acceptors (Lipinski definition) is 0. The second-order valence-corrected chi connectivity index (χ2v) is 10.5. The minimum Gasteiger partial charge on any atom is -0.147 e. The number of benzene rings is 1. The molecule has 0 amide bonds. The molecule has 0 aliphatic heterocycles. The van der Waals surface area contributed by atoms with Gasteiger partial charge >= 0.3 is 197 Å². The van der Waals surface area contributed by atoms with Crippen molar-refractivity contribution in [3.8, 4) is 5.69 Å². The van der Waals surface area contributed by atoms with Gasteiger partial charge in [-0.05, 0) is 0 Å². The monoisotopic (exact) mass is 537 g/mol. The van der Waals surface area contributed by atoms with Crippen molar-refractivity contribution in [3.05, 3.63) is 45.3 Å². The van der Waals surface area contributed by atoms with Crippen molar-refractivity contribution in [2.45, 2.75) is 116 Å². The van der Waals surface area contributed by atoms with E-state index in [-0.39, 0.29) is 12.4 Å². The predicted molar refractivity (Wildman–Crippen MR) is 132 cm³/mol. The summed E-state index contributed by atoms with van der Waals surface area (Å²) in [5.74, 6) is 1.04. The second-order valence-electron chi connectivity index (χ2n) is 9.81. The molecule has 3 rings (SSSR count). The van der Waals surface area contributed by atoms with Crippen LogP contribution in [-0.4, -0.2) is 9.13 Å². The van der Waals surface area contributed by atoms with Gasteiger partial charge in [-0.3, -0.25) is 0 Å². The van der Waals surface area contributed by atoms with Crippen LogP contribution in [0.15, 0.2) is 30.6 Å². The predicted octanol–water partition coefficient (Wildman–Crippen LogP) is 8.87. The molecule has 0 N–H and O–H groups in total. The zero-order valence-electron chi connectivity index (χ0n) is 20.0. The Labute approximate surface area is 208 Å². The molecule has 179 valence electrons. The minimum atomic E-state index is 0. The Morgan fingerprint density at radius 2 is 1.32 bits per heavy atom. The van der Waals surface area contributed by atoms with Gasteiger partial charge in [-0.25, -0.2) is 0 Å². The smallest absolute Gasteiger partial charge is 0.147 e. The molecule has 1 aromatic heterocycles. The van der Waals surface area contributed by atoms with Crippen molar-refractivity contribution in [2.24, 2.45) is 0 Å². The Morgan fingerprint density at radius 1 is 0.774 bits per heavy atom. The molecule has 1 heterocycles. The van der Waals surface area contributed by atoms with Crippen molar-refractivity contribution < 1.29 is 20.6 Å². The number of aromatic nitrogens is 2. The average Bonchev–Trinajstić information content (AvgIpc) is 3.09. The first-order chi connectivity index (χ1) is 14.5. The molecule has 0 atom stereocenters. The summed E-state index contributed by atoms with van der Waals surface area (Å²) in [5, 5.41) is 0. The normalized spacial score (nSPS) is 17.3. The van der Waals surface area contributed by atoms with E-state index in [9.17, 15) is 0 Å². The van der Waals surface area contributed by atoms with Gasteiger partial charge in [0.2, 0.25) is 0 Å². The molecule has 1 aliphatic rings. The van der Waals surface area contributed by atoms with E-state index in [0.29, 0.717) is 17.9 Å². The van der Waals surface area contributed by atoms with E-state index in [1.54, 1.807) is 0 Å². The van der Waals surface area contributed by atoms with Crippen LogP contribution >= 0.6 is 12.4 Å². The molecule has 1 aliphatic carbocycles. The van der Waals surface area contributed by atoms with Gasteiger partial charge in [0.15, 0.2) is 0 Å². The van der Waals surface area contributed by atoms with Crippen LogP contribution in [0.25, 0.3) is 5.69 Å². The fourth-order valence-corrected chi connectivity index (χ4v) is 5.81. The third kappa shape index (κ3) is 6.97. The maximum atomic E-state index is 4.02. The van der Waals surface area contributed by atoms with E-state index in [4.69, 9.17) is 0 Å². The Bertz CT molecular complexity index is 837. The van der Waals surface area contributed by atoms with E-state index in [1.807, 2.05) is 0 Å². The molecule has 1 saturated carbocycles. The summed E-state index contributed by atoms with van der Waals surface area (Å²) < 4.78 is 6.08. The van der Waals surface area contributed by atoms with Crippen molar-refractivity contribution in [3.63, 3.8) is 0 Å². The zero-order chi connectivity index (χ0) is 21.5. The molecule has 2 nitrogen and oxygen atoms in total. The number of rotatable bonds is 4. The Morgan fingerprint density at radius 3 is 1.84 bits per heavy atom. The largest absolute Gasteiger partial charge is 0.147 e. The van der Waals surface area contributed by atoms with Gasteiger partial charge in [0, 0.05) is 0 Å². The Balaban J connectivity index is 0.00000341. The molecule has 2 aromatic rings. The van der Waals surface area contributed by atoms with Crippen LogP contribution in [0, 0.1) is 3.63 Å². The summed E-state index contributed by atoms with van der Waals surface area (Å²) in [6.07, 6.45) is 19.8. The first-order valence-corrected chi connectivity index (χ1v) is 13.1. The summed E-state index contributed by atoms with van der Waals surface area (Å²) in [5.41, 5.74) is 4.28. The molecule has 0 spiro atoms. The number of imidazole rings is 1. The number of halogens is 1. The fraction of sp³-hybridized carbons (Fsp3) is 0.667. The van der Waals surface area contributed by atoms with E-state index < -0.39 is 0 Å². The second kappa shape index (κ2) is 13.2. The molecule has 0 bridgehead atoms. The maximum absolute atomic E-state index is 4.02. The van der Waals surface area contributed by atoms with Crippen LogP contribution in [0.2, 0.25) is 0 Å².